The molecule has 0 N–H and O–H groups in total. The van der Waals surface area contributed by atoms with Gasteiger partial charge in [0, 0.05) is 0 Å². The molecule has 1 aromatic carbocycles. The monoisotopic (exact) mass is 255 g/mol. The van der Waals surface area contributed by atoms with Crippen molar-refractivity contribution in [2.24, 2.45) is 0 Å². The molecule has 1 aliphatic heterocycles. The van der Waals surface area contributed by atoms with Crippen LogP contribution in [0.2, 0.25) is 0 Å². The van der Waals surface area contributed by atoms with Crippen LogP contribution in [-0.2, 0) is 0 Å². The van der Waals surface area contributed by atoms with Gasteiger partial charge in [-0.3, -0.25) is 0 Å². The average Bonchev–Trinajstić information content (AvgIpc) is 2.72. The molecule has 0 bridgehead atoms. The Bertz CT molecular complexity index is 306. The second-order valence-corrected chi connectivity index (χ2v) is 5.53. The van der Waals surface area contributed by atoms with Gasteiger partial charge >= 0.3 is 90.2 Å². The topological polar surface area (TPSA) is 20.3 Å². The molecule has 14 heavy (non-hydrogen) atoms. The van der Waals surface area contributed by atoms with Gasteiger partial charge in [0.05, 0.1) is 0 Å². The van der Waals surface area contributed by atoms with Crippen molar-refractivity contribution in [1.82, 2.24) is 4.90 Å². The summed E-state index contributed by atoms with van der Waals surface area (Å²) in [4.78, 5) is 14.1. The summed E-state index contributed by atoms with van der Waals surface area (Å²) >= 11 is -0.0222. The quantitative estimate of drug-likeness (QED) is 0.727. The Hall–Kier alpha value is -0.791. The van der Waals surface area contributed by atoms with Gasteiger partial charge in [0.2, 0.25) is 0 Å². The molecule has 0 radical (unpaired) electrons. The third-order valence-corrected chi connectivity index (χ3v) is 4.29. The molecule has 1 aliphatic rings. The number of rotatable bonds is 2. The first kappa shape index (κ1) is 9.75. The Balaban J connectivity index is 1.94. The van der Waals surface area contributed by atoms with Crippen molar-refractivity contribution in [3.05, 3.63) is 30.3 Å². The maximum atomic E-state index is 11.8. The van der Waals surface area contributed by atoms with Crippen molar-refractivity contribution in [2.45, 2.75) is 12.8 Å². The molecule has 1 heterocycles. The van der Waals surface area contributed by atoms with E-state index in [0.717, 1.165) is 13.1 Å². The average molecular weight is 254 g/mol. The van der Waals surface area contributed by atoms with Crippen LogP contribution in [-0.4, -0.2) is 37.8 Å². The van der Waals surface area contributed by atoms with E-state index >= 15 is 0 Å². The van der Waals surface area contributed by atoms with Crippen LogP contribution in [0.1, 0.15) is 12.8 Å². The van der Waals surface area contributed by atoms with Gasteiger partial charge in [-0.15, -0.1) is 0 Å². The van der Waals surface area contributed by atoms with Gasteiger partial charge in [-0.05, 0) is 0 Å². The molecule has 0 aliphatic carbocycles. The predicted molar refractivity (Wildman–Crippen MR) is 58.0 cm³/mol. The predicted octanol–water partition coefficient (Wildman–Crippen LogP) is 1.23. The van der Waals surface area contributed by atoms with Crippen LogP contribution < -0.4 is 4.46 Å². The van der Waals surface area contributed by atoms with E-state index in [0.29, 0.717) is 4.81 Å². The van der Waals surface area contributed by atoms with E-state index in [-0.39, 0.29) is 15.0 Å². The Morgan fingerprint density at radius 2 is 1.79 bits per heavy atom. The fraction of sp³-hybridized carbons (Fsp3) is 0.364. The number of hydrogen-bond donors (Lipinski definition) is 0. The summed E-state index contributed by atoms with van der Waals surface area (Å²) in [5.41, 5.74) is 0. The minimum atomic E-state index is -0.0222. The van der Waals surface area contributed by atoms with Crippen molar-refractivity contribution >= 4 is 24.2 Å². The first-order valence-electron chi connectivity index (χ1n) is 4.88. The number of likely N-dealkylation sites (tertiary alicyclic amines) is 1. The zero-order valence-electron chi connectivity index (χ0n) is 7.98. The number of carbonyl (C=O) groups excluding carboxylic acids is 1. The Morgan fingerprint density at radius 1 is 1.14 bits per heavy atom. The van der Waals surface area contributed by atoms with Crippen LogP contribution in [0.25, 0.3) is 0 Å². The van der Waals surface area contributed by atoms with Crippen LogP contribution in [0.3, 0.4) is 0 Å². The van der Waals surface area contributed by atoms with Gasteiger partial charge in [-0.2, -0.15) is 0 Å². The van der Waals surface area contributed by atoms with E-state index in [4.69, 9.17) is 0 Å². The summed E-state index contributed by atoms with van der Waals surface area (Å²) in [5, 5.41) is 0. The summed E-state index contributed by atoms with van der Waals surface area (Å²) in [5.74, 6) is 0. The number of benzene rings is 1. The molecule has 0 saturated carbocycles. The molecule has 1 amide bonds. The summed E-state index contributed by atoms with van der Waals surface area (Å²) in [6.45, 7) is 1.93. The SMILES string of the molecule is O=C([Se]c1ccccc1)N1CCCC1. The van der Waals surface area contributed by atoms with Crippen LogP contribution in [0, 0.1) is 0 Å². The van der Waals surface area contributed by atoms with Crippen LogP contribution in [0.15, 0.2) is 30.3 Å². The van der Waals surface area contributed by atoms with Crippen LogP contribution in [0.5, 0.6) is 0 Å². The van der Waals surface area contributed by atoms with E-state index in [1.165, 1.54) is 17.3 Å². The summed E-state index contributed by atoms with van der Waals surface area (Å²) in [7, 11) is 0. The summed E-state index contributed by atoms with van der Waals surface area (Å²) in [6.07, 6.45) is 2.35. The molecular formula is C11H13NOSe. The molecule has 0 unspecified atom stereocenters. The van der Waals surface area contributed by atoms with E-state index in [1.807, 2.05) is 35.2 Å². The van der Waals surface area contributed by atoms with Gasteiger partial charge in [0.15, 0.2) is 0 Å². The number of nitrogens with zero attached hydrogens (tertiary/aromatic N) is 1. The molecule has 3 heteroatoms. The molecule has 2 nitrogen and oxygen atoms in total. The third-order valence-electron chi connectivity index (χ3n) is 2.31. The zero-order valence-corrected chi connectivity index (χ0v) is 9.69. The van der Waals surface area contributed by atoms with Crippen molar-refractivity contribution in [3.63, 3.8) is 0 Å². The molecule has 2 rings (SSSR count). The normalized spacial score (nSPS) is 15.9. The molecule has 1 saturated heterocycles. The molecule has 74 valence electrons. The van der Waals surface area contributed by atoms with Gasteiger partial charge in [-0.1, -0.05) is 0 Å². The Kier molecular flexibility index (Phi) is 3.22. The maximum absolute atomic E-state index is 11.8. The fourth-order valence-electron chi connectivity index (χ4n) is 1.55. The molecular weight excluding hydrogens is 241 g/mol. The summed E-state index contributed by atoms with van der Waals surface area (Å²) in [6, 6.07) is 10.0. The van der Waals surface area contributed by atoms with Crippen molar-refractivity contribution in [3.8, 4) is 0 Å². The van der Waals surface area contributed by atoms with E-state index in [1.54, 1.807) is 0 Å². The van der Waals surface area contributed by atoms with Gasteiger partial charge in [0.1, 0.15) is 0 Å². The number of amides is 1. The van der Waals surface area contributed by atoms with Crippen molar-refractivity contribution < 1.29 is 4.79 Å². The Morgan fingerprint density at radius 3 is 2.43 bits per heavy atom. The van der Waals surface area contributed by atoms with Gasteiger partial charge in [0.25, 0.3) is 0 Å². The summed E-state index contributed by atoms with van der Waals surface area (Å²) < 4.78 is 1.18. The number of hydrogen-bond acceptors (Lipinski definition) is 1. The minimum absolute atomic E-state index is 0.0222. The molecule has 0 aromatic heterocycles. The second kappa shape index (κ2) is 4.63. The van der Waals surface area contributed by atoms with Crippen molar-refractivity contribution in [1.29, 1.82) is 0 Å². The second-order valence-electron chi connectivity index (χ2n) is 3.38. The van der Waals surface area contributed by atoms with Gasteiger partial charge < -0.3 is 0 Å². The molecule has 0 spiro atoms. The third kappa shape index (κ3) is 2.37. The molecule has 0 atom stereocenters. The fourth-order valence-corrected chi connectivity index (χ4v) is 3.25. The van der Waals surface area contributed by atoms with E-state index < -0.39 is 0 Å². The Labute approximate surface area is 90.5 Å². The van der Waals surface area contributed by atoms with Gasteiger partial charge in [-0.25, -0.2) is 0 Å². The van der Waals surface area contributed by atoms with Crippen molar-refractivity contribution in [2.75, 3.05) is 13.1 Å². The number of carbonyl (C=O) groups is 1. The van der Waals surface area contributed by atoms with E-state index in [2.05, 4.69) is 0 Å². The zero-order chi connectivity index (χ0) is 9.80. The standard InChI is InChI=1S/C11H13NOSe/c13-11(12-8-4-5-9-12)14-10-6-2-1-3-7-10/h1-3,6-7H,4-5,8-9H2. The van der Waals surface area contributed by atoms with E-state index in [9.17, 15) is 4.79 Å². The van der Waals surface area contributed by atoms with Crippen LogP contribution >= 0.6 is 0 Å². The first-order chi connectivity index (χ1) is 6.86. The molecule has 1 fully saturated rings. The molecule has 1 aromatic rings. The van der Waals surface area contributed by atoms with Crippen LogP contribution in [0.4, 0.5) is 4.79 Å². The first-order valence-corrected chi connectivity index (χ1v) is 6.59.